The third-order valence-electron chi connectivity index (χ3n) is 2.40. The second-order valence-electron chi connectivity index (χ2n) is 4.35. The Morgan fingerprint density at radius 2 is 1.85 bits per heavy atom. The fourth-order valence-corrected chi connectivity index (χ4v) is 2.94. The number of anilines is 1. The number of carboxylic acid groups (broad SMARTS) is 1. The van der Waals surface area contributed by atoms with Gasteiger partial charge in [-0.05, 0) is 24.3 Å². The van der Waals surface area contributed by atoms with Crippen molar-refractivity contribution in [1.29, 1.82) is 0 Å². The van der Waals surface area contributed by atoms with Gasteiger partial charge >= 0.3 is 5.97 Å². The van der Waals surface area contributed by atoms with Crippen LogP contribution in [0.4, 0.5) is 10.1 Å². The van der Waals surface area contributed by atoms with Crippen LogP contribution < -0.4 is 5.32 Å². The van der Waals surface area contributed by atoms with E-state index < -0.39 is 45.0 Å². The van der Waals surface area contributed by atoms with Crippen LogP contribution in [0, 0.1) is 11.7 Å². The zero-order valence-electron chi connectivity index (χ0n) is 10.7. The maximum atomic E-state index is 12.7. The molecule has 0 spiro atoms. The molecule has 1 atom stereocenters. The normalized spacial score (nSPS) is 12.7. The molecule has 1 rings (SSSR count). The second kappa shape index (κ2) is 6.47. The molecule has 1 unspecified atom stereocenters. The Kier molecular flexibility index (Phi) is 5.20. The van der Waals surface area contributed by atoms with Gasteiger partial charge in [0.15, 0.2) is 9.84 Å². The number of carbonyl (C=O) groups is 2. The number of carboxylic acids is 1. The van der Waals surface area contributed by atoms with Gasteiger partial charge in [-0.15, -0.1) is 0 Å². The Balaban J connectivity index is 2.61. The third-order valence-corrected chi connectivity index (χ3v) is 4.11. The first-order chi connectivity index (χ1) is 9.19. The summed E-state index contributed by atoms with van der Waals surface area (Å²) in [5, 5.41) is 10.9. The summed E-state index contributed by atoms with van der Waals surface area (Å²) in [5.41, 5.74) is 0.262. The van der Waals surface area contributed by atoms with Crippen molar-refractivity contribution in [2.75, 3.05) is 16.8 Å². The predicted octanol–water partition coefficient (Wildman–Crippen LogP) is 0.900. The van der Waals surface area contributed by atoms with Crippen LogP contribution in [-0.4, -0.2) is 36.9 Å². The Hall–Kier alpha value is -1.96. The van der Waals surface area contributed by atoms with E-state index in [4.69, 9.17) is 5.11 Å². The van der Waals surface area contributed by atoms with Gasteiger partial charge in [-0.2, -0.15) is 0 Å². The number of nitrogens with one attached hydrogen (secondary N) is 1. The first-order valence-electron chi connectivity index (χ1n) is 5.68. The van der Waals surface area contributed by atoms with Gasteiger partial charge in [0.1, 0.15) is 11.6 Å². The van der Waals surface area contributed by atoms with E-state index in [2.05, 4.69) is 5.32 Å². The molecule has 0 saturated heterocycles. The first kappa shape index (κ1) is 16.1. The zero-order chi connectivity index (χ0) is 15.3. The average molecular weight is 303 g/mol. The molecule has 0 aliphatic carbocycles. The highest BCUT2D eigenvalue weighted by Crippen LogP contribution is 2.09. The van der Waals surface area contributed by atoms with Gasteiger partial charge in [-0.3, -0.25) is 9.59 Å². The fraction of sp³-hybridized carbons (Fsp3) is 0.333. The lowest BCUT2D eigenvalue weighted by atomic mass is 10.2. The standard InChI is InChI=1S/C12H14FNO5S/c1-8(12(16)17)6-20(18,19)7-11(15)14-10-4-2-9(13)3-5-10/h2-5,8H,6-7H2,1H3,(H,14,15)(H,16,17). The molecule has 0 heterocycles. The van der Waals surface area contributed by atoms with Crippen molar-refractivity contribution in [2.24, 2.45) is 5.92 Å². The van der Waals surface area contributed by atoms with Crippen LogP contribution in [0.25, 0.3) is 0 Å². The molecule has 0 aliphatic heterocycles. The van der Waals surface area contributed by atoms with Gasteiger partial charge in [-0.1, -0.05) is 6.92 Å². The molecule has 20 heavy (non-hydrogen) atoms. The number of sulfone groups is 1. The van der Waals surface area contributed by atoms with Gasteiger partial charge in [0, 0.05) is 5.69 Å². The Morgan fingerprint density at radius 3 is 2.35 bits per heavy atom. The number of rotatable bonds is 6. The molecule has 1 amide bonds. The molecule has 8 heteroatoms. The summed E-state index contributed by atoms with van der Waals surface area (Å²) in [6.45, 7) is 1.25. The molecular formula is C12H14FNO5S. The third kappa shape index (κ3) is 5.35. The molecule has 0 bridgehead atoms. The topological polar surface area (TPSA) is 101 Å². The smallest absolute Gasteiger partial charge is 0.307 e. The molecule has 6 nitrogen and oxygen atoms in total. The van der Waals surface area contributed by atoms with Gasteiger partial charge < -0.3 is 10.4 Å². The van der Waals surface area contributed by atoms with Crippen LogP contribution in [0.5, 0.6) is 0 Å². The fourth-order valence-electron chi connectivity index (χ4n) is 1.44. The number of carbonyl (C=O) groups excluding carboxylic acids is 1. The Labute approximate surface area is 115 Å². The minimum atomic E-state index is -3.82. The van der Waals surface area contributed by atoms with E-state index in [-0.39, 0.29) is 5.69 Å². The van der Waals surface area contributed by atoms with Crippen LogP contribution in [0.3, 0.4) is 0 Å². The monoisotopic (exact) mass is 303 g/mol. The quantitative estimate of drug-likeness (QED) is 0.813. The van der Waals surface area contributed by atoms with Crippen molar-refractivity contribution in [3.8, 4) is 0 Å². The van der Waals surface area contributed by atoms with Gasteiger partial charge in [-0.25, -0.2) is 12.8 Å². The molecule has 0 radical (unpaired) electrons. The molecule has 1 aromatic carbocycles. The maximum absolute atomic E-state index is 12.7. The lowest BCUT2D eigenvalue weighted by Crippen LogP contribution is -2.29. The van der Waals surface area contributed by atoms with Crippen LogP contribution >= 0.6 is 0 Å². The van der Waals surface area contributed by atoms with Crippen LogP contribution in [0.2, 0.25) is 0 Å². The number of hydrogen-bond acceptors (Lipinski definition) is 4. The number of amides is 1. The lowest BCUT2D eigenvalue weighted by Gasteiger charge is -2.08. The van der Waals surface area contributed by atoms with Crippen LogP contribution in [0.1, 0.15) is 6.92 Å². The molecule has 2 N–H and O–H groups in total. The largest absolute Gasteiger partial charge is 0.481 e. The first-order valence-corrected chi connectivity index (χ1v) is 7.50. The highest BCUT2D eigenvalue weighted by atomic mass is 32.2. The lowest BCUT2D eigenvalue weighted by molar-refractivity contribution is -0.140. The van der Waals surface area contributed by atoms with Crippen molar-refractivity contribution >= 4 is 27.4 Å². The summed E-state index contributed by atoms with van der Waals surface area (Å²) < 4.78 is 35.9. The summed E-state index contributed by atoms with van der Waals surface area (Å²) in [6.07, 6.45) is 0. The molecular weight excluding hydrogens is 289 g/mol. The van der Waals surface area contributed by atoms with Gasteiger partial charge in [0.25, 0.3) is 0 Å². The summed E-state index contributed by atoms with van der Waals surface area (Å²) in [6, 6.07) is 4.83. The van der Waals surface area contributed by atoms with E-state index >= 15 is 0 Å². The van der Waals surface area contributed by atoms with E-state index in [0.29, 0.717) is 0 Å². The Bertz CT molecular complexity index is 597. The van der Waals surface area contributed by atoms with E-state index in [0.717, 1.165) is 12.1 Å². The van der Waals surface area contributed by atoms with Gasteiger partial charge in [0.2, 0.25) is 5.91 Å². The van der Waals surface area contributed by atoms with Crippen LogP contribution in [0.15, 0.2) is 24.3 Å². The number of aliphatic carboxylic acids is 1. The minimum Gasteiger partial charge on any atom is -0.481 e. The summed E-state index contributed by atoms with van der Waals surface area (Å²) in [7, 11) is -3.82. The summed E-state index contributed by atoms with van der Waals surface area (Å²) in [4.78, 5) is 22.1. The van der Waals surface area contributed by atoms with E-state index in [1.807, 2.05) is 0 Å². The molecule has 0 fully saturated rings. The molecule has 0 aliphatic rings. The van der Waals surface area contributed by atoms with Gasteiger partial charge in [0.05, 0.1) is 11.7 Å². The van der Waals surface area contributed by atoms with Crippen LogP contribution in [-0.2, 0) is 19.4 Å². The minimum absolute atomic E-state index is 0.262. The summed E-state index contributed by atoms with van der Waals surface area (Å²) >= 11 is 0. The van der Waals surface area contributed by atoms with E-state index in [1.165, 1.54) is 19.1 Å². The molecule has 110 valence electrons. The number of benzene rings is 1. The predicted molar refractivity (Wildman–Crippen MR) is 70.5 cm³/mol. The average Bonchev–Trinajstić information content (AvgIpc) is 2.30. The van der Waals surface area contributed by atoms with E-state index in [1.54, 1.807) is 0 Å². The molecule has 0 saturated carbocycles. The number of halogens is 1. The van der Waals surface area contributed by atoms with Crippen molar-refractivity contribution in [1.82, 2.24) is 0 Å². The second-order valence-corrected chi connectivity index (χ2v) is 6.46. The SMILES string of the molecule is CC(CS(=O)(=O)CC(=O)Nc1ccc(F)cc1)C(=O)O. The highest BCUT2D eigenvalue weighted by Gasteiger charge is 2.23. The van der Waals surface area contributed by atoms with E-state index in [9.17, 15) is 22.4 Å². The molecule has 1 aromatic rings. The molecule has 0 aromatic heterocycles. The Morgan fingerprint density at radius 1 is 1.30 bits per heavy atom. The maximum Gasteiger partial charge on any atom is 0.307 e. The van der Waals surface area contributed by atoms with Crippen molar-refractivity contribution in [3.63, 3.8) is 0 Å². The number of hydrogen-bond donors (Lipinski definition) is 2. The highest BCUT2D eigenvalue weighted by molar-refractivity contribution is 7.92. The van der Waals surface area contributed by atoms with Crippen molar-refractivity contribution in [3.05, 3.63) is 30.1 Å². The summed E-state index contributed by atoms with van der Waals surface area (Å²) in [5.74, 6) is -5.03. The zero-order valence-corrected chi connectivity index (χ0v) is 11.5. The van der Waals surface area contributed by atoms with Crippen molar-refractivity contribution in [2.45, 2.75) is 6.92 Å². The van der Waals surface area contributed by atoms with Crippen molar-refractivity contribution < 1.29 is 27.5 Å².